The number of nitrogens with one attached hydrogen (secondary N) is 2. The summed E-state index contributed by atoms with van der Waals surface area (Å²) in [6.07, 6.45) is 1.52. The molecule has 0 saturated carbocycles. The molecular weight excluding hydrogens is 333 g/mol. The highest BCUT2D eigenvalue weighted by Gasteiger charge is 2.09. The third-order valence-electron chi connectivity index (χ3n) is 3.67. The first-order chi connectivity index (χ1) is 12.5. The molecular formula is C20H16FN3O2. The van der Waals surface area contributed by atoms with Crippen LogP contribution in [0.25, 0.3) is 0 Å². The monoisotopic (exact) mass is 349 g/mol. The molecule has 0 radical (unpaired) electrons. The zero-order valence-corrected chi connectivity index (χ0v) is 14.0. The Morgan fingerprint density at radius 1 is 0.885 bits per heavy atom. The van der Waals surface area contributed by atoms with Crippen LogP contribution in [0.5, 0.6) is 0 Å². The number of amides is 1. The minimum absolute atomic E-state index is 0.000196. The fourth-order valence-corrected chi connectivity index (χ4v) is 2.32. The smallest absolute Gasteiger partial charge is 0.274 e. The molecule has 3 aromatic rings. The summed E-state index contributed by atoms with van der Waals surface area (Å²) in [5, 5.41) is 5.82. The second kappa shape index (κ2) is 7.57. The van der Waals surface area contributed by atoms with Gasteiger partial charge in [0.15, 0.2) is 5.78 Å². The largest absolute Gasteiger partial charge is 0.355 e. The zero-order valence-electron chi connectivity index (χ0n) is 14.0. The molecule has 2 aromatic carbocycles. The van der Waals surface area contributed by atoms with Crippen LogP contribution in [0, 0.1) is 5.82 Å². The second-order valence-electron chi connectivity index (χ2n) is 5.65. The van der Waals surface area contributed by atoms with Crippen molar-refractivity contribution in [3.8, 4) is 0 Å². The molecule has 0 aliphatic rings. The van der Waals surface area contributed by atoms with Crippen molar-refractivity contribution in [2.24, 2.45) is 0 Å². The van der Waals surface area contributed by atoms with Gasteiger partial charge in [-0.2, -0.15) is 0 Å². The first-order valence-electron chi connectivity index (χ1n) is 7.92. The van der Waals surface area contributed by atoms with Crippen molar-refractivity contribution >= 4 is 28.8 Å². The van der Waals surface area contributed by atoms with Crippen molar-refractivity contribution in [2.75, 3.05) is 10.6 Å². The Kier molecular flexibility index (Phi) is 5.03. The summed E-state index contributed by atoms with van der Waals surface area (Å²) in [5.74, 6) is -0.768. The lowest BCUT2D eigenvalue weighted by Gasteiger charge is -2.09. The lowest BCUT2D eigenvalue weighted by Crippen LogP contribution is -2.13. The minimum atomic E-state index is -0.396. The highest BCUT2D eigenvalue weighted by atomic mass is 19.1. The summed E-state index contributed by atoms with van der Waals surface area (Å²) in [5.41, 5.74) is 2.80. The number of halogens is 1. The lowest BCUT2D eigenvalue weighted by atomic mass is 10.1. The number of ketones is 1. The molecule has 0 atom stereocenters. The van der Waals surface area contributed by atoms with E-state index >= 15 is 0 Å². The van der Waals surface area contributed by atoms with Crippen LogP contribution in [0.3, 0.4) is 0 Å². The molecule has 3 rings (SSSR count). The average molecular weight is 349 g/mol. The average Bonchev–Trinajstić information content (AvgIpc) is 2.64. The number of hydrogen-bond acceptors (Lipinski definition) is 4. The van der Waals surface area contributed by atoms with Gasteiger partial charge in [-0.05, 0) is 67.6 Å². The van der Waals surface area contributed by atoms with E-state index in [1.807, 2.05) is 0 Å². The number of hydrogen-bond donors (Lipinski definition) is 2. The molecule has 0 unspecified atom stereocenters. The van der Waals surface area contributed by atoms with Crippen LogP contribution in [-0.2, 0) is 0 Å². The van der Waals surface area contributed by atoms with E-state index in [0.29, 0.717) is 16.9 Å². The SMILES string of the molecule is CC(=O)c1ccc(Nc2ccnc(C(=O)Nc3ccc(F)cc3)c2)cc1. The Balaban J connectivity index is 1.72. The topological polar surface area (TPSA) is 71.1 Å². The molecule has 1 aromatic heterocycles. The highest BCUT2D eigenvalue weighted by Crippen LogP contribution is 2.18. The van der Waals surface area contributed by atoms with Crippen molar-refractivity contribution in [3.05, 3.63) is 83.9 Å². The number of nitrogens with zero attached hydrogens (tertiary/aromatic N) is 1. The van der Waals surface area contributed by atoms with Gasteiger partial charge in [0.25, 0.3) is 5.91 Å². The molecule has 2 N–H and O–H groups in total. The van der Waals surface area contributed by atoms with E-state index in [4.69, 9.17) is 0 Å². The third kappa shape index (κ3) is 4.30. The number of benzene rings is 2. The molecule has 0 fully saturated rings. The van der Waals surface area contributed by atoms with Crippen LogP contribution in [0.2, 0.25) is 0 Å². The maximum absolute atomic E-state index is 12.9. The van der Waals surface area contributed by atoms with E-state index < -0.39 is 5.91 Å². The van der Waals surface area contributed by atoms with Crippen LogP contribution in [0.1, 0.15) is 27.8 Å². The maximum atomic E-state index is 12.9. The third-order valence-corrected chi connectivity index (χ3v) is 3.67. The predicted octanol–water partition coefficient (Wildman–Crippen LogP) is 4.42. The van der Waals surface area contributed by atoms with Crippen LogP contribution in [-0.4, -0.2) is 16.7 Å². The number of carbonyl (C=O) groups excluding carboxylic acids is 2. The van der Waals surface area contributed by atoms with Crippen LogP contribution in [0.15, 0.2) is 66.9 Å². The van der Waals surface area contributed by atoms with Gasteiger partial charge in [0.05, 0.1) is 0 Å². The summed E-state index contributed by atoms with van der Waals surface area (Å²) in [7, 11) is 0. The fourth-order valence-electron chi connectivity index (χ4n) is 2.32. The molecule has 1 heterocycles. The molecule has 0 spiro atoms. The molecule has 0 aliphatic heterocycles. The van der Waals surface area contributed by atoms with Gasteiger partial charge in [-0.3, -0.25) is 14.6 Å². The summed E-state index contributed by atoms with van der Waals surface area (Å²) >= 11 is 0. The fraction of sp³-hybridized carbons (Fsp3) is 0.0500. The lowest BCUT2D eigenvalue weighted by molar-refractivity contribution is 0.101. The Bertz CT molecular complexity index is 938. The first kappa shape index (κ1) is 17.3. The standard InChI is InChI=1S/C20H16FN3O2/c1-13(25)14-2-6-16(7-3-14)23-18-10-11-22-19(12-18)20(26)24-17-8-4-15(21)5-9-17/h2-12H,1H3,(H,22,23)(H,24,26). The van der Waals surface area contributed by atoms with Gasteiger partial charge >= 0.3 is 0 Å². The van der Waals surface area contributed by atoms with Crippen molar-refractivity contribution in [2.45, 2.75) is 6.92 Å². The Labute approximate surface area is 149 Å². The molecule has 5 nitrogen and oxygen atoms in total. The zero-order chi connectivity index (χ0) is 18.5. The van der Waals surface area contributed by atoms with E-state index in [-0.39, 0.29) is 17.3 Å². The van der Waals surface area contributed by atoms with Gasteiger partial charge in [-0.25, -0.2) is 4.39 Å². The molecule has 6 heteroatoms. The predicted molar refractivity (Wildman–Crippen MR) is 98.3 cm³/mol. The molecule has 0 saturated heterocycles. The van der Waals surface area contributed by atoms with Gasteiger partial charge in [-0.15, -0.1) is 0 Å². The second-order valence-corrected chi connectivity index (χ2v) is 5.65. The normalized spacial score (nSPS) is 10.2. The van der Waals surface area contributed by atoms with Gasteiger partial charge in [0.2, 0.25) is 0 Å². The minimum Gasteiger partial charge on any atom is -0.355 e. The number of aromatic nitrogens is 1. The van der Waals surface area contributed by atoms with Crippen molar-refractivity contribution in [1.29, 1.82) is 0 Å². The highest BCUT2D eigenvalue weighted by molar-refractivity contribution is 6.03. The quantitative estimate of drug-likeness (QED) is 0.669. The summed E-state index contributed by atoms with van der Waals surface area (Å²) in [6.45, 7) is 1.51. The van der Waals surface area contributed by atoms with Crippen molar-refractivity contribution in [1.82, 2.24) is 4.98 Å². The van der Waals surface area contributed by atoms with Gasteiger partial charge in [0.1, 0.15) is 11.5 Å². The number of carbonyl (C=O) groups is 2. The molecule has 1 amide bonds. The Hall–Kier alpha value is -3.54. The van der Waals surface area contributed by atoms with Crippen molar-refractivity contribution in [3.63, 3.8) is 0 Å². The Morgan fingerprint density at radius 2 is 1.54 bits per heavy atom. The van der Waals surface area contributed by atoms with E-state index in [1.54, 1.807) is 36.4 Å². The van der Waals surface area contributed by atoms with Crippen LogP contribution < -0.4 is 10.6 Å². The van der Waals surface area contributed by atoms with E-state index in [0.717, 1.165) is 5.69 Å². The molecule has 26 heavy (non-hydrogen) atoms. The van der Waals surface area contributed by atoms with Gasteiger partial charge in [-0.1, -0.05) is 0 Å². The summed E-state index contributed by atoms with van der Waals surface area (Å²) < 4.78 is 12.9. The Morgan fingerprint density at radius 3 is 2.19 bits per heavy atom. The summed E-state index contributed by atoms with van der Waals surface area (Å²) in [4.78, 5) is 27.7. The molecule has 0 bridgehead atoms. The number of pyridine rings is 1. The van der Waals surface area contributed by atoms with Gasteiger partial charge in [0, 0.05) is 28.8 Å². The van der Waals surface area contributed by atoms with E-state index in [1.165, 1.54) is 37.4 Å². The number of anilines is 3. The molecule has 130 valence electrons. The van der Waals surface area contributed by atoms with E-state index in [9.17, 15) is 14.0 Å². The maximum Gasteiger partial charge on any atom is 0.274 e. The number of rotatable bonds is 5. The van der Waals surface area contributed by atoms with Crippen LogP contribution >= 0.6 is 0 Å². The molecule has 0 aliphatic carbocycles. The van der Waals surface area contributed by atoms with Gasteiger partial charge < -0.3 is 10.6 Å². The first-order valence-corrected chi connectivity index (χ1v) is 7.92. The van der Waals surface area contributed by atoms with E-state index in [2.05, 4.69) is 15.6 Å². The van der Waals surface area contributed by atoms with Crippen molar-refractivity contribution < 1.29 is 14.0 Å². The van der Waals surface area contributed by atoms with Crippen LogP contribution in [0.4, 0.5) is 21.5 Å². The number of Topliss-reactive ketones (excluding diaryl/α,β-unsaturated/α-hetero) is 1. The summed E-state index contributed by atoms with van der Waals surface area (Å²) in [6, 6.07) is 15.9.